The van der Waals surface area contributed by atoms with Crippen molar-refractivity contribution in [2.45, 2.75) is 38.8 Å². The first-order chi connectivity index (χ1) is 9.88. The van der Waals surface area contributed by atoms with Crippen LogP contribution in [0.4, 0.5) is 0 Å². The zero-order valence-electron chi connectivity index (χ0n) is 12.4. The molecular weight excluding hydrogens is 312 g/mol. The van der Waals surface area contributed by atoms with Gasteiger partial charge < -0.3 is 4.74 Å². The van der Waals surface area contributed by atoms with E-state index in [0.29, 0.717) is 23.6 Å². The summed E-state index contributed by atoms with van der Waals surface area (Å²) in [6.07, 6.45) is 0.976. The van der Waals surface area contributed by atoms with E-state index in [2.05, 4.69) is 5.43 Å². The molecule has 0 fully saturated rings. The monoisotopic (exact) mass is 334 g/mol. The Morgan fingerprint density at radius 3 is 2.71 bits per heavy atom. The summed E-state index contributed by atoms with van der Waals surface area (Å²) in [5.41, 5.74) is 2.69. The van der Waals surface area contributed by atoms with Gasteiger partial charge in [-0.15, -0.1) is 0 Å². The van der Waals surface area contributed by atoms with Crippen molar-refractivity contribution in [3.63, 3.8) is 0 Å². The molecular formula is C14H23ClN2O3S. The highest BCUT2D eigenvalue weighted by Gasteiger charge is 2.18. The third-order valence-electron chi connectivity index (χ3n) is 3.31. The lowest BCUT2D eigenvalue weighted by Crippen LogP contribution is -2.45. The second-order valence-electron chi connectivity index (χ2n) is 4.93. The van der Waals surface area contributed by atoms with Crippen molar-refractivity contribution in [1.29, 1.82) is 0 Å². The Kier molecular flexibility index (Phi) is 7.45. The fourth-order valence-electron chi connectivity index (χ4n) is 1.96. The zero-order valence-corrected chi connectivity index (χ0v) is 14.0. The highest BCUT2D eigenvalue weighted by Crippen LogP contribution is 2.19. The number of nitrogens with two attached hydrogens (primary N) is 1. The van der Waals surface area contributed by atoms with Crippen LogP contribution in [-0.2, 0) is 9.84 Å². The number of benzene rings is 1. The van der Waals surface area contributed by atoms with E-state index in [1.807, 2.05) is 19.1 Å². The number of nitrogens with one attached hydrogen (secondary N) is 1. The second-order valence-corrected chi connectivity index (χ2v) is 7.84. The summed E-state index contributed by atoms with van der Waals surface area (Å²) in [6, 6.07) is 7.00. The van der Waals surface area contributed by atoms with Crippen LogP contribution in [0.3, 0.4) is 0 Å². The Morgan fingerprint density at radius 1 is 1.43 bits per heavy atom. The summed E-state index contributed by atoms with van der Waals surface area (Å²) in [5.74, 6) is 6.54. The quantitative estimate of drug-likeness (QED) is 0.534. The highest BCUT2D eigenvalue weighted by atomic mass is 35.5. The number of hydrazine groups is 1. The molecule has 1 aromatic rings. The minimum absolute atomic E-state index is 0.129. The van der Waals surface area contributed by atoms with Crippen molar-refractivity contribution in [3.8, 4) is 5.75 Å². The molecule has 0 amide bonds. The van der Waals surface area contributed by atoms with E-state index in [4.69, 9.17) is 22.2 Å². The lowest BCUT2D eigenvalue weighted by Gasteiger charge is -2.24. The van der Waals surface area contributed by atoms with Gasteiger partial charge in [-0.25, -0.2) is 8.42 Å². The molecule has 1 rings (SSSR count). The molecule has 2 unspecified atom stereocenters. The summed E-state index contributed by atoms with van der Waals surface area (Å²) in [5, 5.41) is 0.603. The molecule has 0 saturated carbocycles. The first kappa shape index (κ1) is 18.2. The van der Waals surface area contributed by atoms with E-state index in [0.717, 1.165) is 0 Å². The standard InChI is InChI=1S/C14H23ClN2O3S/c1-3-21(18,19)9-5-8-14(17-16)11(2)20-13-7-4-6-12(15)10-13/h4,6-7,10-11,14,17H,3,5,8-9,16H2,1-2H3. The summed E-state index contributed by atoms with van der Waals surface area (Å²) in [4.78, 5) is 0. The maximum absolute atomic E-state index is 11.5. The van der Waals surface area contributed by atoms with Gasteiger partial charge in [0.25, 0.3) is 0 Å². The van der Waals surface area contributed by atoms with E-state index < -0.39 is 9.84 Å². The summed E-state index contributed by atoms with van der Waals surface area (Å²) in [6.45, 7) is 3.54. The van der Waals surface area contributed by atoms with Crippen LogP contribution in [0.1, 0.15) is 26.7 Å². The molecule has 5 nitrogen and oxygen atoms in total. The molecule has 0 spiro atoms. The largest absolute Gasteiger partial charge is 0.489 e. The molecule has 0 saturated heterocycles. The summed E-state index contributed by atoms with van der Waals surface area (Å²) >= 11 is 5.90. The molecule has 3 N–H and O–H groups in total. The van der Waals surface area contributed by atoms with Crippen molar-refractivity contribution in [2.75, 3.05) is 11.5 Å². The Bertz CT molecular complexity index is 537. The first-order valence-corrected chi connectivity index (χ1v) is 9.16. The number of hydrogen-bond acceptors (Lipinski definition) is 5. The van der Waals surface area contributed by atoms with Crippen molar-refractivity contribution in [3.05, 3.63) is 29.3 Å². The minimum Gasteiger partial charge on any atom is -0.489 e. The van der Waals surface area contributed by atoms with E-state index in [1.54, 1.807) is 19.1 Å². The molecule has 0 bridgehead atoms. The molecule has 0 aliphatic heterocycles. The van der Waals surface area contributed by atoms with E-state index in [9.17, 15) is 8.42 Å². The van der Waals surface area contributed by atoms with Gasteiger partial charge in [-0.1, -0.05) is 24.6 Å². The van der Waals surface area contributed by atoms with Crippen LogP contribution in [0.25, 0.3) is 0 Å². The first-order valence-electron chi connectivity index (χ1n) is 6.96. The van der Waals surface area contributed by atoms with Crippen LogP contribution in [0.2, 0.25) is 5.02 Å². The van der Waals surface area contributed by atoms with Gasteiger partial charge in [0.05, 0.1) is 11.8 Å². The molecule has 7 heteroatoms. The fourth-order valence-corrected chi connectivity index (χ4v) is 3.03. The number of rotatable bonds is 9. The maximum atomic E-state index is 11.5. The molecule has 0 aliphatic carbocycles. The maximum Gasteiger partial charge on any atom is 0.150 e. The van der Waals surface area contributed by atoms with E-state index in [-0.39, 0.29) is 23.7 Å². The minimum atomic E-state index is -2.94. The lowest BCUT2D eigenvalue weighted by atomic mass is 10.1. The van der Waals surface area contributed by atoms with Gasteiger partial charge >= 0.3 is 0 Å². The fraction of sp³-hybridized carbons (Fsp3) is 0.571. The zero-order chi connectivity index (χ0) is 15.9. The number of hydrogen-bond donors (Lipinski definition) is 2. The van der Waals surface area contributed by atoms with Gasteiger partial charge in [0.2, 0.25) is 0 Å². The van der Waals surface area contributed by atoms with Gasteiger partial charge in [-0.2, -0.15) is 0 Å². The van der Waals surface area contributed by atoms with Gasteiger partial charge in [-0.3, -0.25) is 11.3 Å². The number of ether oxygens (including phenoxy) is 1. The van der Waals surface area contributed by atoms with Gasteiger partial charge in [0.1, 0.15) is 21.7 Å². The van der Waals surface area contributed by atoms with Crippen LogP contribution in [-0.4, -0.2) is 32.1 Å². The van der Waals surface area contributed by atoms with Crippen LogP contribution in [0.15, 0.2) is 24.3 Å². The van der Waals surface area contributed by atoms with E-state index in [1.165, 1.54) is 0 Å². The molecule has 0 radical (unpaired) electrons. The van der Waals surface area contributed by atoms with Crippen LogP contribution >= 0.6 is 11.6 Å². The number of halogens is 1. The number of sulfone groups is 1. The molecule has 0 aliphatic rings. The molecule has 21 heavy (non-hydrogen) atoms. The molecule has 1 aromatic carbocycles. The van der Waals surface area contributed by atoms with Crippen LogP contribution in [0.5, 0.6) is 5.75 Å². The lowest BCUT2D eigenvalue weighted by molar-refractivity contribution is 0.164. The average Bonchev–Trinajstić information content (AvgIpc) is 2.43. The molecule has 0 heterocycles. The average molecular weight is 335 g/mol. The Labute approximate surface area is 131 Å². The Hall–Kier alpha value is -0.820. The van der Waals surface area contributed by atoms with Crippen molar-refractivity contribution in [1.82, 2.24) is 5.43 Å². The van der Waals surface area contributed by atoms with Crippen LogP contribution in [0, 0.1) is 0 Å². The van der Waals surface area contributed by atoms with Crippen molar-refractivity contribution in [2.24, 2.45) is 5.84 Å². The summed E-state index contributed by atoms with van der Waals surface area (Å²) < 4.78 is 28.7. The second kappa shape index (κ2) is 8.58. The van der Waals surface area contributed by atoms with Crippen molar-refractivity contribution >= 4 is 21.4 Å². The van der Waals surface area contributed by atoms with Crippen LogP contribution < -0.4 is 16.0 Å². The van der Waals surface area contributed by atoms with Gasteiger partial charge in [-0.05, 0) is 38.0 Å². The molecule has 120 valence electrons. The SMILES string of the molecule is CCS(=O)(=O)CCCC(NN)C(C)Oc1cccc(Cl)c1. The van der Waals surface area contributed by atoms with Crippen molar-refractivity contribution < 1.29 is 13.2 Å². The third-order valence-corrected chi connectivity index (χ3v) is 5.33. The van der Waals surface area contributed by atoms with Gasteiger partial charge in [0, 0.05) is 10.8 Å². The topological polar surface area (TPSA) is 81.4 Å². The Balaban J connectivity index is 2.51. The third kappa shape index (κ3) is 6.65. The molecule has 2 atom stereocenters. The highest BCUT2D eigenvalue weighted by molar-refractivity contribution is 7.91. The predicted molar refractivity (Wildman–Crippen MR) is 86.2 cm³/mol. The Morgan fingerprint density at radius 2 is 2.14 bits per heavy atom. The summed E-state index contributed by atoms with van der Waals surface area (Å²) in [7, 11) is -2.94. The smallest absolute Gasteiger partial charge is 0.150 e. The van der Waals surface area contributed by atoms with Gasteiger partial charge in [0.15, 0.2) is 0 Å². The molecule has 0 aromatic heterocycles. The van der Waals surface area contributed by atoms with E-state index >= 15 is 0 Å². The predicted octanol–water partition coefficient (Wildman–Crippen LogP) is 2.15. The normalized spacial score (nSPS) is 14.7.